The van der Waals surface area contributed by atoms with Gasteiger partial charge in [-0.2, -0.15) is 0 Å². The Morgan fingerprint density at radius 2 is 1.79 bits per heavy atom. The monoisotopic (exact) mass is 397 g/mol. The summed E-state index contributed by atoms with van der Waals surface area (Å²) in [5.41, 5.74) is 4.36. The number of ether oxygens (including phenoxy) is 1. The molecule has 0 radical (unpaired) electrons. The summed E-state index contributed by atoms with van der Waals surface area (Å²) in [4.78, 5) is 21.6. The number of benzene rings is 2. The number of carbonyl (C=O) groups is 1. The van der Waals surface area contributed by atoms with Crippen molar-refractivity contribution in [2.45, 2.75) is 20.8 Å². The Morgan fingerprint density at radius 3 is 2.50 bits per heavy atom. The molecule has 0 aliphatic heterocycles. The van der Waals surface area contributed by atoms with Gasteiger partial charge in [-0.25, -0.2) is 4.98 Å². The van der Waals surface area contributed by atoms with E-state index in [0.29, 0.717) is 6.54 Å². The van der Waals surface area contributed by atoms with Crippen molar-refractivity contribution in [3.63, 3.8) is 0 Å². The molecule has 0 saturated heterocycles. The van der Waals surface area contributed by atoms with E-state index in [2.05, 4.69) is 30.9 Å². The fourth-order valence-electron chi connectivity index (χ4n) is 2.89. The molecule has 0 bridgehead atoms. The van der Waals surface area contributed by atoms with Crippen LogP contribution in [0, 0.1) is 20.8 Å². The van der Waals surface area contributed by atoms with Crippen LogP contribution in [0.4, 0.5) is 5.13 Å². The van der Waals surface area contributed by atoms with E-state index in [0.717, 1.165) is 38.8 Å². The van der Waals surface area contributed by atoms with Crippen LogP contribution >= 0.6 is 11.3 Å². The number of para-hydroxylation sites is 1. The third-order valence-electron chi connectivity index (χ3n) is 4.82. The maximum atomic E-state index is 13.0. The number of hydrogen-bond donors (Lipinski definition) is 0. The Kier molecular flexibility index (Phi) is 6.31. The molecule has 5 nitrogen and oxygen atoms in total. The molecule has 0 unspecified atom stereocenters. The van der Waals surface area contributed by atoms with Crippen molar-refractivity contribution in [1.29, 1.82) is 0 Å². The van der Waals surface area contributed by atoms with Gasteiger partial charge in [0.2, 0.25) is 0 Å². The molecule has 2 aromatic carbocycles. The van der Waals surface area contributed by atoms with Crippen LogP contribution in [0.15, 0.2) is 36.4 Å². The number of carbonyl (C=O) groups excluding carboxylic acids is 1. The first-order valence-electron chi connectivity index (χ1n) is 9.37. The van der Waals surface area contributed by atoms with Crippen molar-refractivity contribution in [3.8, 4) is 5.75 Å². The summed E-state index contributed by atoms with van der Waals surface area (Å²) < 4.78 is 6.89. The van der Waals surface area contributed by atoms with Crippen molar-refractivity contribution in [1.82, 2.24) is 9.88 Å². The van der Waals surface area contributed by atoms with E-state index in [4.69, 9.17) is 9.72 Å². The molecule has 0 N–H and O–H groups in total. The van der Waals surface area contributed by atoms with E-state index in [1.54, 1.807) is 16.2 Å². The summed E-state index contributed by atoms with van der Waals surface area (Å²) >= 11 is 1.55. The van der Waals surface area contributed by atoms with E-state index in [-0.39, 0.29) is 12.5 Å². The van der Waals surface area contributed by atoms with Crippen molar-refractivity contribution in [3.05, 3.63) is 53.1 Å². The predicted molar refractivity (Wildman–Crippen MR) is 117 cm³/mol. The standard InChI is InChI=1S/C22H27N3O2S/c1-15-10-11-19-21(17(15)3)23-22(28-19)25(13-12-24(4)5)20(26)14-27-18-9-7-6-8-16(18)2/h6-11H,12-14H2,1-5H3. The minimum absolute atomic E-state index is 0.00772. The van der Waals surface area contributed by atoms with Crippen LogP contribution < -0.4 is 9.64 Å². The molecule has 0 aliphatic carbocycles. The second-order valence-electron chi connectivity index (χ2n) is 7.25. The fourth-order valence-corrected chi connectivity index (χ4v) is 3.96. The summed E-state index contributed by atoms with van der Waals surface area (Å²) in [5, 5.41) is 0.726. The molecule has 1 amide bonds. The van der Waals surface area contributed by atoms with E-state index in [9.17, 15) is 4.79 Å². The highest BCUT2D eigenvalue weighted by Crippen LogP contribution is 2.32. The van der Waals surface area contributed by atoms with Gasteiger partial charge >= 0.3 is 0 Å². The normalized spacial score (nSPS) is 11.2. The number of aryl methyl sites for hydroxylation is 3. The van der Waals surface area contributed by atoms with Crippen molar-refractivity contribution < 1.29 is 9.53 Å². The smallest absolute Gasteiger partial charge is 0.266 e. The maximum absolute atomic E-state index is 13.0. The van der Waals surface area contributed by atoms with Crippen LogP contribution in [0.2, 0.25) is 0 Å². The molecule has 3 rings (SSSR count). The van der Waals surface area contributed by atoms with Gasteiger partial charge in [0.15, 0.2) is 11.7 Å². The minimum Gasteiger partial charge on any atom is -0.483 e. The van der Waals surface area contributed by atoms with Gasteiger partial charge in [0, 0.05) is 13.1 Å². The minimum atomic E-state index is -0.0847. The van der Waals surface area contributed by atoms with Crippen molar-refractivity contribution in [2.75, 3.05) is 38.7 Å². The molecular weight excluding hydrogens is 370 g/mol. The summed E-state index contributed by atoms with van der Waals surface area (Å²) in [7, 11) is 4.00. The predicted octanol–water partition coefficient (Wildman–Crippen LogP) is 4.20. The number of fused-ring (bicyclic) bond motifs is 1. The lowest BCUT2D eigenvalue weighted by Gasteiger charge is -2.22. The van der Waals surface area contributed by atoms with Gasteiger partial charge in [-0.1, -0.05) is 35.6 Å². The SMILES string of the molecule is Cc1ccccc1OCC(=O)N(CCN(C)C)c1nc2c(C)c(C)ccc2s1. The third-order valence-corrected chi connectivity index (χ3v) is 5.86. The molecule has 148 valence electrons. The van der Waals surface area contributed by atoms with Crippen LogP contribution in [0.5, 0.6) is 5.75 Å². The second-order valence-corrected chi connectivity index (χ2v) is 8.26. The Morgan fingerprint density at radius 1 is 1.04 bits per heavy atom. The van der Waals surface area contributed by atoms with Gasteiger partial charge in [-0.3, -0.25) is 9.69 Å². The van der Waals surface area contributed by atoms with Crippen LogP contribution in [0.25, 0.3) is 10.2 Å². The largest absolute Gasteiger partial charge is 0.483 e. The number of anilines is 1. The zero-order chi connectivity index (χ0) is 20.3. The molecule has 0 fully saturated rings. The Bertz CT molecular complexity index is 981. The van der Waals surface area contributed by atoms with Crippen LogP contribution in [0.3, 0.4) is 0 Å². The lowest BCUT2D eigenvalue weighted by molar-refractivity contribution is -0.120. The van der Waals surface area contributed by atoms with Gasteiger partial charge < -0.3 is 9.64 Å². The lowest BCUT2D eigenvalue weighted by atomic mass is 10.1. The third kappa shape index (κ3) is 4.51. The number of amides is 1. The van der Waals surface area contributed by atoms with Gasteiger partial charge in [0.25, 0.3) is 5.91 Å². The van der Waals surface area contributed by atoms with Gasteiger partial charge in [0.1, 0.15) is 5.75 Å². The number of thiazole rings is 1. The summed E-state index contributed by atoms with van der Waals surface area (Å²) in [6.07, 6.45) is 0. The second kappa shape index (κ2) is 8.71. The fraction of sp³-hybridized carbons (Fsp3) is 0.364. The average Bonchev–Trinajstić information content (AvgIpc) is 3.09. The van der Waals surface area contributed by atoms with Gasteiger partial charge in [-0.15, -0.1) is 0 Å². The molecule has 1 aromatic heterocycles. The molecule has 0 saturated carbocycles. The Balaban J connectivity index is 1.85. The van der Waals surface area contributed by atoms with E-state index >= 15 is 0 Å². The van der Waals surface area contributed by atoms with Gasteiger partial charge in [-0.05, 0) is 63.7 Å². The summed E-state index contributed by atoms with van der Waals surface area (Å²) in [6.45, 7) is 7.45. The molecule has 28 heavy (non-hydrogen) atoms. The van der Waals surface area contributed by atoms with E-state index in [1.165, 1.54) is 5.56 Å². The number of hydrogen-bond acceptors (Lipinski definition) is 5. The molecule has 1 heterocycles. The Labute approximate surface area is 170 Å². The van der Waals surface area contributed by atoms with Crippen LogP contribution in [-0.4, -0.2) is 49.6 Å². The molecule has 6 heteroatoms. The summed E-state index contributed by atoms with van der Waals surface area (Å²) in [5.74, 6) is 0.651. The first kappa shape index (κ1) is 20.3. The molecule has 0 spiro atoms. The van der Waals surface area contributed by atoms with Crippen LogP contribution in [0.1, 0.15) is 16.7 Å². The number of rotatable bonds is 7. The van der Waals surface area contributed by atoms with Crippen molar-refractivity contribution >= 4 is 32.6 Å². The van der Waals surface area contributed by atoms with E-state index < -0.39 is 0 Å². The van der Waals surface area contributed by atoms with Gasteiger partial charge in [0.05, 0.1) is 10.2 Å². The highest BCUT2D eigenvalue weighted by molar-refractivity contribution is 7.22. The quantitative estimate of drug-likeness (QED) is 0.600. The lowest BCUT2D eigenvalue weighted by Crippen LogP contribution is -2.39. The van der Waals surface area contributed by atoms with Crippen molar-refractivity contribution in [2.24, 2.45) is 0 Å². The molecule has 0 atom stereocenters. The highest BCUT2D eigenvalue weighted by atomic mass is 32.1. The number of likely N-dealkylation sites (N-methyl/N-ethyl adjacent to an activating group) is 1. The van der Waals surface area contributed by atoms with E-state index in [1.807, 2.05) is 45.3 Å². The first-order valence-corrected chi connectivity index (χ1v) is 10.2. The average molecular weight is 398 g/mol. The number of nitrogens with zero attached hydrogens (tertiary/aromatic N) is 3. The summed E-state index contributed by atoms with van der Waals surface area (Å²) in [6, 6.07) is 11.9. The number of aromatic nitrogens is 1. The maximum Gasteiger partial charge on any atom is 0.266 e. The molecule has 0 aliphatic rings. The first-order chi connectivity index (χ1) is 13.4. The Hall–Kier alpha value is -2.44. The molecular formula is C22H27N3O2S. The zero-order valence-electron chi connectivity index (χ0n) is 17.2. The highest BCUT2D eigenvalue weighted by Gasteiger charge is 2.21. The van der Waals surface area contributed by atoms with Crippen LogP contribution in [-0.2, 0) is 4.79 Å². The zero-order valence-corrected chi connectivity index (χ0v) is 18.0. The molecule has 3 aromatic rings. The topological polar surface area (TPSA) is 45.7 Å².